The van der Waals surface area contributed by atoms with Crippen LogP contribution in [0.1, 0.15) is 44.6 Å². The van der Waals surface area contributed by atoms with Gasteiger partial charge in [0.05, 0.1) is 4.90 Å². The highest BCUT2D eigenvalue weighted by Crippen LogP contribution is 2.21. The van der Waals surface area contributed by atoms with Crippen molar-refractivity contribution in [1.29, 1.82) is 0 Å². The lowest BCUT2D eigenvalue weighted by atomic mass is 9.99. The van der Waals surface area contributed by atoms with Crippen LogP contribution in [0.5, 0.6) is 0 Å². The van der Waals surface area contributed by atoms with E-state index in [1.165, 1.54) is 28.2 Å². The molecule has 29 heavy (non-hydrogen) atoms. The zero-order valence-corrected chi connectivity index (χ0v) is 17.6. The topological polar surface area (TPSA) is 88.5 Å². The number of nitrogens with one attached hydrogen (secondary N) is 1. The molecule has 2 heterocycles. The standard InChI is InChI=1S/C21H27N3O4S/c1-3-16(2)17-6-8-18(9-7-17)22-20(25)15-23-14-19(10-11-21(23)26)29(27,28)24-12-4-5-13-24/h6-11,14,16H,3-5,12-13,15H2,1-2H3,(H,22,25)/t16-/m0/s1. The van der Waals surface area contributed by atoms with Crippen LogP contribution < -0.4 is 10.9 Å². The van der Waals surface area contributed by atoms with Crippen LogP contribution in [0, 0.1) is 0 Å². The molecule has 0 unspecified atom stereocenters. The average molecular weight is 418 g/mol. The second-order valence-corrected chi connectivity index (χ2v) is 9.36. The van der Waals surface area contributed by atoms with E-state index < -0.39 is 15.6 Å². The van der Waals surface area contributed by atoms with Gasteiger partial charge < -0.3 is 9.88 Å². The summed E-state index contributed by atoms with van der Waals surface area (Å²) in [5.41, 5.74) is 1.41. The zero-order chi connectivity index (χ0) is 21.0. The minimum atomic E-state index is -3.65. The van der Waals surface area contributed by atoms with Crippen molar-refractivity contribution in [2.24, 2.45) is 0 Å². The van der Waals surface area contributed by atoms with Crippen LogP contribution in [-0.2, 0) is 21.4 Å². The Kier molecular flexibility index (Phi) is 6.54. The number of carbonyl (C=O) groups is 1. The van der Waals surface area contributed by atoms with E-state index in [4.69, 9.17) is 0 Å². The molecule has 0 saturated carbocycles. The van der Waals surface area contributed by atoms with Crippen LogP contribution in [0.4, 0.5) is 5.69 Å². The van der Waals surface area contributed by atoms with Crippen molar-refractivity contribution in [2.45, 2.75) is 50.5 Å². The van der Waals surface area contributed by atoms with Crippen molar-refractivity contribution in [2.75, 3.05) is 18.4 Å². The molecule has 2 aromatic rings. The number of hydrogen-bond donors (Lipinski definition) is 1. The summed E-state index contributed by atoms with van der Waals surface area (Å²) in [6, 6.07) is 10.1. The molecular weight excluding hydrogens is 390 g/mol. The van der Waals surface area contributed by atoms with Gasteiger partial charge in [0.25, 0.3) is 5.56 Å². The van der Waals surface area contributed by atoms with E-state index >= 15 is 0 Å². The first-order valence-corrected chi connectivity index (χ1v) is 11.4. The quantitative estimate of drug-likeness (QED) is 0.750. The molecule has 8 heteroatoms. The number of amides is 1. The second kappa shape index (κ2) is 8.92. The van der Waals surface area contributed by atoms with Crippen molar-refractivity contribution < 1.29 is 13.2 Å². The van der Waals surface area contributed by atoms with E-state index in [-0.39, 0.29) is 17.3 Å². The molecule has 1 fully saturated rings. The molecule has 3 rings (SSSR count). The Morgan fingerprint density at radius 1 is 1.10 bits per heavy atom. The van der Waals surface area contributed by atoms with Crippen molar-refractivity contribution in [3.63, 3.8) is 0 Å². The fourth-order valence-corrected chi connectivity index (χ4v) is 4.89. The number of sulfonamides is 1. The van der Waals surface area contributed by atoms with Crippen LogP contribution in [0.2, 0.25) is 0 Å². The molecule has 0 bridgehead atoms. The van der Waals surface area contributed by atoms with Crippen LogP contribution in [0.25, 0.3) is 0 Å². The summed E-state index contributed by atoms with van der Waals surface area (Å²) >= 11 is 0. The van der Waals surface area contributed by atoms with Gasteiger partial charge in [-0.15, -0.1) is 0 Å². The third-order valence-corrected chi connectivity index (χ3v) is 7.23. The van der Waals surface area contributed by atoms with Gasteiger partial charge in [0.15, 0.2) is 0 Å². The predicted octanol–water partition coefficient (Wildman–Crippen LogP) is 2.79. The lowest BCUT2D eigenvalue weighted by molar-refractivity contribution is -0.116. The molecule has 1 saturated heterocycles. The maximum atomic E-state index is 12.7. The summed E-state index contributed by atoms with van der Waals surface area (Å²) in [5, 5.41) is 2.76. The maximum Gasteiger partial charge on any atom is 0.251 e. The number of carbonyl (C=O) groups excluding carboxylic acids is 1. The number of nitrogens with zero attached hydrogens (tertiary/aromatic N) is 2. The van der Waals surface area contributed by atoms with Gasteiger partial charge in [0, 0.05) is 31.0 Å². The van der Waals surface area contributed by atoms with E-state index in [9.17, 15) is 18.0 Å². The van der Waals surface area contributed by atoms with E-state index in [0.717, 1.165) is 23.8 Å². The highest BCUT2D eigenvalue weighted by molar-refractivity contribution is 7.89. The zero-order valence-electron chi connectivity index (χ0n) is 16.8. The van der Waals surface area contributed by atoms with Gasteiger partial charge in [-0.3, -0.25) is 9.59 Å². The Hall–Kier alpha value is -2.45. The van der Waals surface area contributed by atoms with Crippen molar-refractivity contribution in [3.8, 4) is 0 Å². The minimum Gasteiger partial charge on any atom is -0.325 e. The van der Waals surface area contributed by atoms with Gasteiger partial charge in [-0.25, -0.2) is 8.42 Å². The van der Waals surface area contributed by atoms with Crippen LogP contribution in [0.3, 0.4) is 0 Å². The number of anilines is 1. The van der Waals surface area contributed by atoms with Crippen molar-refractivity contribution in [1.82, 2.24) is 8.87 Å². The second-order valence-electron chi connectivity index (χ2n) is 7.42. The Morgan fingerprint density at radius 2 is 1.76 bits per heavy atom. The SMILES string of the molecule is CC[C@H](C)c1ccc(NC(=O)Cn2cc(S(=O)(=O)N3CCCC3)ccc2=O)cc1. The fraction of sp³-hybridized carbons (Fsp3) is 0.429. The lowest BCUT2D eigenvalue weighted by Gasteiger charge is -2.16. The molecule has 0 aliphatic carbocycles. The Bertz CT molecular complexity index is 1020. The number of rotatable bonds is 7. The molecule has 1 atom stereocenters. The van der Waals surface area contributed by atoms with E-state index in [1.54, 1.807) is 0 Å². The molecule has 1 N–H and O–H groups in total. The number of benzene rings is 1. The summed E-state index contributed by atoms with van der Waals surface area (Å²) in [4.78, 5) is 24.6. The third kappa shape index (κ3) is 4.94. The molecule has 156 valence electrons. The Labute approximate surface area is 171 Å². The van der Waals surface area contributed by atoms with Gasteiger partial charge in [0.2, 0.25) is 15.9 Å². The van der Waals surface area contributed by atoms with Gasteiger partial charge in [0.1, 0.15) is 6.54 Å². The minimum absolute atomic E-state index is 0.0321. The highest BCUT2D eigenvalue weighted by atomic mass is 32.2. The highest BCUT2D eigenvalue weighted by Gasteiger charge is 2.27. The normalized spacial score (nSPS) is 15.9. The van der Waals surface area contributed by atoms with Crippen LogP contribution >= 0.6 is 0 Å². The molecule has 1 aromatic carbocycles. The van der Waals surface area contributed by atoms with E-state index in [1.807, 2.05) is 24.3 Å². The van der Waals surface area contributed by atoms with Gasteiger partial charge in [-0.05, 0) is 48.9 Å². The van der Waals surface area contributed by atoms with Crippen LogP contribution in [0.15, 0.2) is 52.3 Å². The Morgan fingerprint density at radius 3 is 2.38 bits per heavy atom. The van der Waals surface area contributed by atoms with Gasteiger partial charge in [-0.1, -0.05) is 26.0 Å². The maximum absolute atomic E-state index is 12.7. The average Bonchev–Trinajstić information content (AvgIpc) is 3.25. The predicted molar refractivity (Wildman–Crippen MR) is 112 cm³/mol. The fourth-order valence-electron chi connectivity index (χ4n) is 3.35. The number of pyridine rings is 1. The van der Waals surface area contributed by atoms with Crippen molar-refractivity contribution in [3.05, 3.63) is 58.5 Å². The summed E-state index contributed by atoms with van der Waals surface area (Å²) in [6.07, 6.45) is 3.95. The van der Waals surface area contributed by atoms with Gasteiger partial charge >= 0.3 is 0 Å². The summed E-state index contributed by atoms with van der Waals surface area (Å²) in [5.74, 6) is 0.0535. The van der Waals surface area contributed by atoms with Crippen LogP contribution in [-0.4, -0.2) is 36.3 Å². The summed E-state index contributed by atoms with van der Waals surface area (Å²) in [7, 11) is -3.65. The Balaban J connectivity index is 1.72. The first-order valence-electron chi connectivity index (χ1n) is 9.91. The van der Waals surface area contributed by atoms with Crippen molar-refractivity contribution >= 4 is 21.6 Å². The van der Waals surface area contributed by atoms with E-state index in [2.05, 4.69) is 19.2 Å². The number of aromatic nitrogens is 1. The first kappa shape index (κ1) is 21.3. The molecule has 1 aliphatic heterocycles. The molecule has 7 nitrogen and oxygen atoms in total. The first-order chi connectivity index (χ1) is 13.8. The molecule has 1 amide bonds. The third-order valence-electron chi connectivity index (χ3n) is 5.35. The molecular formula is C21H27N3O4S. The summed E-state index contributed by atoms with van der Waals surface area (Å²) < 4.78 is 27.9. The van der Waals surface area contributed by atoms with E-state index in [0.29, 0.717) is 24.7 Å². The number of hydrogen-bond acceptors (Lipinski definition) is 4. The molecule has 0 spiro atoms. The smallest absolute Gasteiger partial charge is 0.251 e. The van der Waals surface area contributed by atoms with Gasteiger partial charge in [-0.2, -0.15) is 4.31 Å². The lowest BCUT2D eigenvalue weighted by Crippen LogP contribution is -2.31. The molecule has 1 aromatic heterocycles. The monoisotopic (exact) mass is 417 g/mol. The molecule has 1 aliphatic rings. The summed E-state index contributed by atoms with van der Waals surface area (Å²) in [6.45, 7) is 4.97. The molecule has 0 radical (unpaired) electrons. The largest absolute Gasteiger partial charge is 0.325 e.